The molecule has 0 amide bonds. The van der Waals surface area contributed by atoms with Crippen molar-refractivity contribution in [2.45, 2.75) is 26.7 Å². The summed E-state index contributed by atoms with van der Waals surface area (Å²) in [4.78, 5) is 20.7. The highest BCUT2D eigenvalue weighted by atomic mass is 35.5. The van der Waals surface area contributed by atoms with Gasteiger partial charge in [0.1, 0.15) is 12.4 Å². The van der Waals surface area contributed by atoms with Crippen molar-refractivity contribution in [3.05, 3.63) is 28.8 Å². The third-order valence-corrected chi connectivity index (χ3v) is 4.50. The van der Waals surface area contributed by atoms with E-state index in [9.17, 15) is 0 Å². The number of hydrogen-bond acceptors (Lipinski definition) is 5. The molecule has 1 saturated heterocycles. The molecule has 152 valence electrons. The topological polar surface area (TPSA) is 96.3 Å². The lowest BCUT2D eigenvalue weighted by Gasteiger charge is -2.29. The van der Waals surface area contributed by atoms with Gasteiger partial charge in [-0.1, -0.05) is 24.6 Å². The van der Waals surface area contributed by atoms with Gasteiger partial charge in [0.2, 0.25) is 0 Å². The molecule has 0 aromatic heterocycles. The Balaban J connectivity index is 0.000000527. The molecule has 1 aromatic rings. The van der Waals surface area contributed by atoms with E-state index in [1.165, 1.54) is 25.9 Å². The molecule has 1 aliphatic rings. The van der Waals surface area contributed by atoms with Gasteiger partial charge in [0.15, 0.2) is 0 Å². The maximum atomic E-state index is 9.10. The maximum Gasteiger partial charge on any atom is 0.414 e. The van der Waals surface area contributed by atoms with E-state index in [4.69, 9.17) is 40.9 Å². The molecule has 2 rings (SSSR count). The Hall–Kier alpha value is -1.83. The van der Waals surface area contributed by atoms with Gasteiger partial charge in [-0.25, -0.2) is 9.59 Å². The summed E-state index contributed by atoms with van der Waals surface area (Å²) in [6.45, 7) is 9.73. The van der Waals surface area contributed by atoms with Crippen LogP contribution in [0, 0.1) is 12.8 Å². The summed E-state index contributed by atoms with van der Waals surface area (Å²) in [6.07, 6.45) is 2.63. The van der Waals surface area contributed by atoms with Gasteiger partial charge in [0.25, 0.3) is 0 Å². The number of benzene rings is 1. The summed E-state index contributed by atoms with van der Waals surface area (Å²) in [5.74, 6) is -2.02. The predicted molar refractivity (Wildman–Crippen MR) is 103 cm³/mol. The number of carbonyl (C=O) groups is 2. The van der Waals surface area contributed by atoms with Crippen LogP contribution in [0.3, 0.4) is 0 Å². The van der Waals surface area contributed by atoms with Crippen LogP contribution in [0.1, 0.15) is 25.3 Å². The highest BCUT2D eigenvalue weighted by Gasteiger charge is 2.14. The van der Waals surface area contributed by atoms with Crippen LogP contribution in [0.15, 0.2) is 18.2 Å². The highest BCUT2D eigenvalue weighted by Crippen LogP contribution is 2.25. The molecule has 0 saturated carbocycles. The van der Waals surface area contributed by atoms with Crippen LogP contribution in [0.4, 0.5) is 0 Å². The molecule has 1 aromatic carbocycles. The molecule has 0 atom stereocenters. The van der Waals surface area contributed by atoms with E-state index < -0.39 is 11.9 Å². The molecular formula is C19H28ClNO6. The van der Waals surface area contributed by atoms with Gasteiger partial charge in [0.05, 0.1) is 18.2 Å². The molecule has 2 N–H and O–H groups in total. The minimum atomic E-state index is -1.82. The van der Waals surface area contributed by atoms with Crippen molar-refractivity contribution in [2.24, 2.45) is 5.92 Å². The quantitative estimate of drug-likeness (QED) is 0.535. The van der Waals surface area contributed by atoms with E-state index in [1.54, 1.807) is 0 Å². The molecule has 7 nitrogen and oxygen atoms in total. The number of hydrogen-bond donors (Lipinski definition) is 2. The van der Waals surface area contributed by atoms with Crippen LogP contribution in [-0.2, 0) is 14.3 Å². The van der Waals surface area contributed by atoms with E-state index in [-0.39, 0.29) is 0 Å². The maximum absolute atomic E-state index is 9.10. The van der Waals surface area contributed by atoms with Crippen molar-refractivity contribution in [2.75, 3.05) is 39.5 Å². The zero-order chi connectivity index (χ0) is 20.2. The highest BCUT2D eigenvalue weighted by molar-refractivity contribution is 6.32. The fourth-order valence-corrected chi connectivity index (χ4v) is 2.69. The molecule has 1 heterocycles. The van der Waals surface area contributed by atoms with Crippen LogP contribution in [0.2, 0.25) is 5.02 Å². The molecule has 0 radical (unpaired) electrons. The number of rotatable bonds is 7. The molecular weight excluding hydrogens is 374 g/mol. The Morgan fingerprint density at radius 3 is 2.37 bits per heavy atom. The second-order valence-corrected chi connectivity index (χ2v) is 6.94. The van der Waals surface area contributed by atoms with Gasteiger partial charge < -0.3 is 24.6 Å². The average Bonchev–Trinajstić information content (AvgIpc) is 2.62. The monoisotopic (exact) mass is 401 g/mol. The number of nitrogens with zero attached hydrogens (tertiary/aromatic N) is 1. The molecule has 0 aliphatic carbocycles. The number of aryl methyl sites for hydroxylation is 1. The number of aliphatic carboxylic acids is 2. The number of halogens is 1. The normalized spacial score (nSPS) is 14.9. The van der Waals surface area contributed by atoms with Crippen LogP contribution in [-0.4, -0.2) is 66.5 Å². The molecule has 27 heavy (non-hydrogen) atoms. The number of carboxylic acid groups (broad SMARTS) is 2. The fourth-order valence-electron chi connectivity index (χ4n) is 2.51. The van der Waals surface area contributed by atoms with Gasteiger partial charge in [-0.05, 0) is 56.5 Å². The Kier molecular flexibility index (Phi) is 10.8. The molecule has 1 fully saturated rings. The van der Waals surface area contributed by atoms with E-state index in [0.717, 1.165) is 30.4 Å². The minimum absolute atomic E-state index is 0.542. The minimum Gasteiger partial charge on any atom is -0.490 e. The van der Waals surface area contributed by atoms with Crippen molar-refractivity contribution in [1.29, 1.82) is 0 Å². The smallest absolute Gasteiger partial charge is 0.414 e. The zero-order valence-electron chi connectivity index (χ0n) is 15.8. The third kappa shape index (κ3) is 10.2. The van der Waals surface area contributed by atoms with Gasteiger partial charge >= 0.3 is 11.9 Å². The van der Waals surface area contributed by atoms with E-state index >= 15 is 0 Å². The van der Waals surface area contributed by atoms with Gasteiger partial charge in [-0.3, -0.25) is 0 Å². The first-order valence-corrected chi connectivity index (χ1v) is 9.32. The van der Waals surface area contributed by atoms with E-state index in [2.05, 4.69) is 11.8 Å². The van der Waals surface area contributed by atoms with Crippen molar-refractivity contribution in [3.8, 4) is 5.75 Å². The zero-order valence-corrected chi connectivity index (χ0v) is 16.6. The summed E-state index contributed by atoms with van der Waals surface area (Å²) in [5, 5.41) is 15.4. The van der Waals surface area contributed by atoms with Gasteiger partial charge in [0, 0.05) is 6.54 Å². The summed E-state index contributed by atoms with van der Waals surface area (Å²) in [5.41, 5.74) is 1.15. The first-order chi connectivity index (χ1) is 12.8. The van der Waals surface area contributed by atoms with Crippen LogP contribution < -0.4 is 4.74 Å². The van der Waals surface area contributed by atoms with Crippen LogP contribution in [0.25, 0.3) is 0 Å². The molecule has 0 bridgehead atoms. The van der Waals surface area contributed by atoms with Gasteiger partial charge in [-0.2, -0.15) is 0 Å². The third-order valence-electron chi connectivity index (χ3n) is 4.18. The fraction of sp³-hybridized carbons (Fsp3) is 0.579. The molecule has 0 unspecified atom stereocenters. The number of likely N-dealkylation sites (tertiary alicyclic amines) is 1. The second kappa shape index (κ2) is 12.5. The first kappa shape index (κ1) is 23.2. The standard InChI is InChI=1S/C17H26ClNO2.C2H2O4/c1-14-5-7-19(8-6-14)9-10-20-11-12-21-17-13-15(2)3-4-16(17)18;3-1(4)2(5)6/h3-4,13-14H,5-12H2,1-2H3;(H,3,4)(H,5,6). The molecule has 8 heteroatoms. The van der Waals surface area contributed by atoms with Crippen LogP contribution >= 0.6 is 11.6 Å². The lowest BCUT2D eigenvalue weighted by Crippen LogP contribution is -2.35. The predicted octanol–water partition coefficient (Wildman–Crippen LogP) is 2.93. The van der Waals surface area contributed by atoms with Crippen LogP contribution in [0.5, 0.6) is 5.75 Å². The second-order valence-electron chi connectivity index (χ2n) is 6.53. The number of ether oxygens (including phenoxy) is 2. The molecule has 0 spiro atoms. The van der Waals surface area contributed by atoms with Crippen molar-refractivity contribution < 1.29 is 29.3 Å². The number of carboxylic acids is 2. The van der Waals surface area contributed by atoms with E-state index in [1.807, 2.05) is 25.1 Å². The van der Waals surface area contributed by atoms with Crippen molar-refractivity contribution in [1.82, 2.24) is 4.90 Å². The Labute approximate surface area is 164 Å². The van der Waals surface area contributed by atoms with Gasteiger partial charge in [-0.15, -0.1) is 0 Å². The average molecular weight is 402 g/mol. The largest absolute Gasteiger partial charge is 0.490 e. The summed E-state index contributed by atoms with van der Waals surface area (Å²) >= 11 is 6.08. The first-order valence-electron chi connectivity index (χ1n) is 8.95. The Bertz CT molecular complexity index is 590. The number of piperidine rings is 1. The SMILES string of the molecule is Cc1ccc(Cl)c(OCCOCCN2CCC(C)CC2)c1.O=C(O)C(=O)O. The lowest BCUT2D eigenvalue weighted by atomic mass is 9.99. The Morgan fingerprint density at radius 1 is 1.15 bits per heavy atom. The lowest BCUT2D eigenvalue weighted by molar-refractivity contribution is -0.159. The molecule has 1 aliphatic heterocycles. The summed E-state index contributed by atoms with van der Waals surface area (Å²) in [6, 6.07) is 5.80. The van der Waals surface area contributed by atoms with E-state index in [0.29, 0.717) is 18.2 Å². The summed E-state index contributed by atoms with van der Waals surface area (Å²) < 4.78 is 11.3. The van der Waals surface area contributed by atoms with Crippen molar-refractivity contribution in [3.63, 3.8) is 0 Å². The van der Waals surface area contributed by atoms with Crippen molar-refractivity contribution >= 4 is 23.5 Å². The summed E-state index contributed by atoms with van der Waals surface area (Å²) in [7, 11) is 0. The Morgan fingerprint density at radius 2 is 1.78 bits per heavy atom.